The molecule has 10 nitrogen and oxygen atoms in total. The van der Waals surface area contributed by atoms with Crippen molar-refractivity contribution in [3.8, 4) is 0 Å². The van der Waals surface area contributed by atoms with E-state index in [0.29, 0.717) is 17.1 Å². The Morgan fingerprint density at radius 2 is 1.57 bits per heavy atom. The zero-order valence-corrected chi connectivity index (χ0v) is 20.1. The van der Waals surface area contributed by atoms with Gasteiger partial charge in [-0.1, -0.05) is 12.8 Å². The summed E-state index contributed by atoms with van der Waals surface area (Å²) >= 11 is 0. The van der Waals surface area contributed by atoms with Gasteiger partial charge in [-0.15, -0.1) is 0 Å². The average molecular weight is 482 g/mol. The first kappa shape index (κ1) is 25.7. The molecule has 0 radical (unpaired) electrons. The van der Waals surface area contributed by atoms with Gasteiger partial charge in [0, 0.05) is 49.6 Å². The van der Waals surface area contributed by atoms with Gasteiger partial charge < -0.3 is 20.4 Å². The Balaban J connectivity index is 1.70. The highest BCUT2D eigenvalue weighted by molar-refractivity contribution is 6.00. The molecule has 3 amide bonds. The van der Waals surface area contributed by atoms with Crippen LogP contribution in [0, 0.1) is 10.1 Å². The van der Waals surface area contributed by atoms with E-state index in [1.807, 2.05) is 4.90 Å². The minimum atomic E-state index is -0.454. The molecule has 0 unspecified atom stereocenters. The number of nitro benzene ring substituents is 1. The first-order valence-corrected chi connectivity index (χ1v) is 11.8. The van der Waals surface area contributed by atoms with Crippen LogP contribution >= 0.6 is 0 Å². The molecule has 1 saturated heterocycles. The molecule has 0 spiro atoms. The van der Waals surface area contributed by atoms with E-state index in [9.17, 15) is 24.5 Å². The molecule has 2 N–H and O–H groups in total. The second-order valence-electron chi connectivity index (χ2n) is 8.49. The van der Waals surface area contributed by atoms with Crippen molar-refractivity contribution in [1.82, 2.24) is 4.90 Å². The van der Waals surface area contributed by atoms with Gasteiger partial charge in [-0.05, 0) is 56.2 Å². The van der Waals surface area contributed by atoms with Crippen LogP contribution in [0.3, 0.4) is 0 Å². The number of carbonyl (C=O) groups is 3. The van der Waals surface area contributed by atoms with Crippen molar-refractivity contribution in [3.05, 3.63) is 58.1 Å². The second-order valence-corrected chi connectivity index (χ2v) is 8.49. The molecule has 2 aromatic rings. The van der Waals surface area contributed by atoms with E-state index >= 15 is 0 Å². The molecule has 0 aromatic heterocycles. The van der Waals surface area contributed by atoms with Crippen molar-refractivity contribution in [3.63, 3.8) is 0 Å². The fraction of sp³-hybridized carbons (Fsp3) is 0.400. The normalized spacial score (nSPS) is 13.5. The van der Waals surface area contributed by atoms with E-state index < -0.39 is 16.7 Å². The highest BCUT2D eigenvalue weighted by Gasteiger charge is 2.25. The van der Waals surface area contributed by atoms with Crippen molar-refractivity contribution in [2.75, 3.05) is 41.7 Å². The summed E-state index contributed by atoms with van der Waals surface area (Å²) in [6.07, 6.45) is 4.17. The zero-order valence-electron chi connectivity index (χ0n) is 20.1. The number of benzene rings is 2. The third-order valence-electron chi connectivity index (χ3n) is 5.86. The molecule has 1 fully saturated rings. The molecule has 1 aliphatic heterocycles. The summed E-state index contributed by atoms with van der Waals surface area (Å²) < 4.78 is 0. The van der Waals surface area contributed by atoms with Gasteiger partial charge in [-0.3, -0.25) is 24.5 Å². The average Bonchev–Trinajstić information content (AvgIpc) is 3.12. The first-order valence-electron chi connectivity index (χ1n) is 11.8. The van der Waals surface area contributed by atoms with E-state index in [-0.39, 0.29) is 30.2 Å². The van der Waals surface area contributed by atoms with Crippen LogP contribution < -0.4 is 15.5 Å². The van der Waals surface area contributed by atoms with E-state index in [4.69, 9.17) is 0 Å². The maximum Gasteiger partial charge on any atom is 0.293 e. The van der Waals surface area contributed by atoms with Crippen LogP contribution in [-0.2, 0) is 9.59 Å². The van der Waals surface area contributed by atoms with E-state index in [0.717, 1.165) is 38.8 Å². The van der Waals surface area contributed by atoms with E-state index in [2.05, 4.69) is 10.6 Å². The summed E-state index contributed by atoms with van der Waals surface area (Å²) in [5.74, 6) is -1.05. The minimum Gasteiger partial charge on any atom is -0.366 e. The summed E-state index contributed by atoms with van der Waals surface area (Å²) in [6, 6.07) is 11.1. The maximum absolute atomic E-state index is 13.1. The van der Waals surface area contributed by atoms with Gasteiger partial charge in [0.05, 0.1) is 4.92 Å². The molecule has 1 aliphatic rings. The van der Waals surface area contributed by atoms with Crippen molar-refractivity contribution in [2.24, 2.45) is 0 Å². The van der Waals surface area contributed by atoms with Crippen LogP contribution in [0.5, 0.6) is 0 Å². The van der Waals surface area contributed by atoms with Crippen molar-refractivity contribution >= 4 is 40.5 Å². The number of nitro groups is 1. The monoisotopic (exact) mass is 481 g/mol. The first-order chi connectivity index (χ1) is 16.8. The van der Waals surface area contributed by atoms with Crippen LogP contribution in [0.2, 0.25) is 0 Å². The lowest BCUT2D eigenvalue weighted by molar-refractivity contribution is -0.384. The number of nitrogens with zero attached hydrogens (tertiary/aromatic N) is 3. The number of carbonyl (C=O) groups excluding carboxylic acids is 3. The molecule has 0 bridgehead atoms. The molecular weight excluding hydrogens is 450 g/mol. The van der Waals surface area contributed by atoms with Gasteiger partial charge in [-0.2, -0.15) is 0 Å². The summed E-state index contributed by atoms with van der Waals surface area (Å²) in [5.41, 5.74) is 1.72. The smallest absolute Gasteiger partial charge is 0.293 e. The Labute approximate surface area is 204 Å². The van der Waals surface area contributed by atoms with Gasteiger partial charge in [0.1, 0.15) is 12.2 Å². The van der Waals surface area contributed by atoms with E-state index in [1.165, 1.54) is 17.9 Å². The van der Waals surface area contributed by atoms with E-state index in [1.54, 1.807) is 43.3 Å². The zero-order chi connectivity index (χ0) is 25.4. The number of hydrogen-bond acceptors (Lipinski definition) is 6. The molecule has 2 aromatic carbocycles. The fourth-order valence-electron chi connectivity index (χ4n) is 4.11. The Hall–Kier alpha value is -3.95. The third-order valence-corrected chi connectivity index (χ3v) is 5.86. The van der Waals surface area contributed by atoms with Gasteiger partial charge in [0.2, 0.25) is 11.8 Å². The maximum atomic E-state index is 13.1. The van der Waals surface area contributed by atoms with Gasteiger partial charge >= 0.3 is 0 Å². The van der Waals surface area contributed by atoms with Gasteiger partial charge in [-0.25, -0.2) is 0 Å². The lowest BCUT2D eigenvalue weighted by Gasteiger charge is -2.24. The van der Waals surface area contributed by atoms with Gasteiger partial charge in [0.15, 0.2) is 0 Å². The second kappa shape index (κ2) is 12.0. The van der Waals surface area contributed by atoms with Gasteiger partial charge in [0.25, 0.3) is 11.6 Å². The van der Waals surface area contributed by atoms with Crippen LogP contribution in [0.15, 0.2) is 42.5 Å². The SMILES string of the molecule is CCN(CC(=O)Nc1ccc(NC(C)=O)cc1)C(=O)c1ccc(N2CCCCCC2)c([N+](=O)[O-])c1. The molecule has 0 saturated carbocycles. The Morgan fingerprint density at radius 3 is 2.11 bits per heavy atom. The summed E-state index contributed by atoms with van der Waals surface area (Å²) in [5, 5.41) is 17.2. The number of nitrogens with one attached hydrogen (secondary N) is 2. The van der Waals surface area contributed by atoms with Crippen LogP contribution in [0.1, 0.15) is 49.9 Å². The lowest BCUT2D eigenvalue weighted by atomic mass is 10.1. The van der Waals surface area contributed by atoms with Crippen molar-refractivity contribution in [1.29, 1.82) is 0 Å². The molecule has 0 aliphatic carbocycles. The highest BCUT2D eigenvalue weighted by atomic mass is 16.6. The molecule has 186 valence electrons. The Morgan fingerprint density at radius 1 is 0.971 bits per heavy atom. The Kier molecular flexibility index (Phi) is 8.77. The highest BCUT2D eigenvalue weighted by Crippen LogP contribution is 2.31. The summed E-state index contributed by atoms with van der Waals surface area (Å²) in [6.45, 7) is 4.71. The topological polar surface area (TPSA) is 125 Å². The molecule has 10 heteroatoms. The number of amides is 3. The molecular formula is C25H31N5O5. The number of hydrogen-bond donors (Lipinski definition) is 2. The quantitative estimate of drug-likeness (QED) is 0.433. The fourth-order valence-corrected chi connectivity index (χ4v) is 4.11. The molecule has 0 atom stereocenters. The van der Waals surface area contributed by atoms with Crippen LogP contribution in [0.25, 0.3) is 0 Å². The molecule has 1 heterocycles. The van der Waals surface area contributed by atoms with Crippen LogP contribution in [-0.4, -0.2) is 53.7 Å². The third kappa shape index (κ3) is 7.02. The number of anilines is 3. The summed E-state index contributed by atoms with van der Waals surface area (Å²) in [4.78, 5) is 51.5. The number of likely N-dealkylation sites (N-methyl/N-ethyl adjacent to an activating group) is 1. The molecule has 35 heavy (non-hydrogen) atoms. The number of rotatable bonds is 8. The van der Waals surface area contributed by atoms with Crippen molar-refractivity contribution < 1.29 is 19.3 Å². The van der Waals surface area contributed by atoms with Crippen molar-refractivity contribution in [2.45, 2.75) is 39.5 Å². The lowest BCUT2D eigenvalue weighted by Crippen LogP contribution is -2.38. The predicted molar refractivity (Wildman–Crippen MR) is 135 cm³/mol. The standard InChI is InChI=1S/C25H31N5O5/c1-3-28(17-24(32)27-21-11-9-20(10-12-21)26-18(2)31)25(33)19-8-13-22(23(16-19)30(34)35)29-14-6-4-5-7-15-29/h8-13,16H,3-7,14-15,17H2,1-2H3,(H,26,31)(H,27,32). The summed E-state index contributed by atoms with van der Waals surface area (Å²) in [7, 11) is 0. The van der Waals surface area contributed by atoms with Crippen LogP contribution in [0.4, 0.5) is 22.7 Å². The largest absolute Gasteiger partial charge is 0.366 e. The Bertz CT molecular complexity index is 1080. The predicted octanol–water partition coefficient (Wildman–Crippen LogP) is 4.03. The minimum absolute atomic E-state index is 0.0995. The molecule has 3 rings (SSSR count).